The fourth-order valence-electron chi connectivity index (χ4n) is 3.41. The van der Waals surface area contributed by atoms with E-state index in [-0.39, 0.29) is 55.1 Å². The largest absolute Gasteiger partial charge is 0.351 e. The lowest BCUT2D eigenvalue weighted by Crippen LogP contribution is -2.46. The van der Waals surface area contributed by atoms with E-state index in [1.165, 1.54) is 13.1 Å². The molecule has 2 heterocycles. The second kappa shape index (κ2) is 6.99. The summed E-state index contributed by atoms with van der Waals surface area (Å²) >= 11 is 0. The number of nitrogens with one attached hydrogen (secondary N) is 2. The molecule has 2 N–H and O–H groups in total. The van der Waals surface area contributed by atoms with Gasteiger partial charge in [-0.3, -0.25) is 4.98 Å². The zero-order chi connectivity index (χ0) is 20.8. The molecule has 156 valence electrons. The molecule has 2 aliphatic rings. The predicted octanol–water partition coefficient (Wildman–Crippen LogP) is 3.78. The van der Waals surface area contributed by atoms with Crippen LogP contribution in [0.2, 0.25) is 0 Å². The van der Waals surface area contributed by atoms with Gasteiger partial charge in [0.05, 0.1) is 12.4 Å². The molecular weight excluding hydrogens is 397 g/mol. The van der Waals surface area contributed by atoms with Crippen LogP contribution in [-0.2, 0) is 0 Å². The van der Waals surface area contributed by atoms with Crippen LogP contribution in [0.3, 0.4) is 0 Å². The third-order valence-corrected chi connectivity index (χ3v) is 4.84. The minimum atomic E-state index is -2.83. The van der Waals surface area contributed by atoms with E-state index >= 15 is 0 Å². The number of aromatic nitrogens is 5. The Bertz CT molecular complexity index is 847. The summed E-state index contributed by atoms with van der Waals surface area (Å²) in [6.07, 6.45) is -0.887. The molecule has 0 aromatic carbocycles. The number of rotatable bonds is 6. The summed E-state index contributed by atoms with van der Waals surface area (Å²) in [7, 11) is 0. The van der Waals surface area contributed by atoms with Gasteiger partial charge in [0.2, 0.25) is 11.9 Å². The van der Waals surface area contributed by atoms with Crippen molar-refractivity contribution in [3.8, 4) is 11.5 Å². The van der Waals surface area contributed by atoms with E-state index in [9.17, 15) is 22.0 Å². The van der Waals surface area contributed by atoms with Crippen molar-refractivity contribution in [1.29, 1.82) is 0 Å². The maximum atomic E-state index is 13.7. The number of nitrogens with zero attached hydrogens (tertiary/aromatic N) is 5. The van der Waals surface area contributed by atoms with E-state index in [4.69, 9.17) is 0 Å². The van der Waals surface area contributed by atoms with E-state index in [0.717, 1.165) is 6.20 Å². The minimum Gasteiger partial charge on any atom is -0.351 e. The first-order valence-electron chi connectivity index (χ1n) is 9.05. The Balaban J connectivity index is 1.60. The summed E-state index contributed by atoms with van der Waals surface area (Å²) in [5.41, 5.74) is -1.83. The summed E-state index contributed by atoms with van der Waals surface area (Å²) in [5, 5.41) is 5.76. The molecule has 0 saturated heterocycles. The molecule has 2 fully saturated rings. The molecule has 2 aromatic rings. The Hall–Kier alpha value is -2.66. The topological polar surface area (TPSA) is 88.5 Å². The van der Waals surface area contributed by atoms with Crippen LogP contribution in [0.5, 0.6) is 0 Å². The molecule has 0 unspecified atom stereocenters. The Morgan fingerprint density at radius 2 is 1.48 bits per heavy atom. The van der Waals surface area contributed by atoms with Gasteiger partial charge in [-0.1, -0.05) is 0 Å². The van der Waals surface area contributed by atoms with Crippen LogP contribution in [0.4, 0.5) is 33.8 Å². The highest BCUT2D eigenvalue weighted by Gasteiger charge is 2.46. The number of alkyl halides is 5. The van der Waals surface area contributed by atoms with Crippen molar-refractivity contribution in [3.63, 3.8) is 0 Å². The molecule has 12 heteroatoms. The molecule has 29 heavy (non-hydrogen) atoms. The van der Waals surface area contributed by atoms with Crippen molar-refractivity contribution in [3.05, 3.63) is 18.1 Å². The smallest absolute Gasteiger partial charge is 0.281 e. The quantitative estimate of drug-likeness (QED) is 0.694. The first kappa shape index (κ1) is 19.6. The van der Waals surface area contributed by atoms with E-state index in [1.54, 1.807) is 0 Å². The lowest BCUT2D eigenvalue weighted by Gasteiger charge is -2.39. The molecule has 0 aliphatic heterocycles. The first-order chi connectivity index (χ1) is 13.6. The molecule has 0 spiro atoms. The highest BCUT2D eigenvalue weighted by atomic mass is 19.3. The van der Waals surface area contributed by atoms with Crippen LogP contribution < -0.4 is 10.6 Å². The van der Waals surface area contributed by atoms with Gasteiger partial charge in [-0.2, -0.15) is 15.0 Å². The molecule has 2 aromatic heterocycles. The van der Waals surface area contributed by atoms with Gasteiger partial charge in [0, 0.05) is 37.8 Å². The Labute approximate surface area is 162 Å². The molecule has 2 saturated carbocycles. The highest BCUT2D eigenvalue weighted by Crippen LogP contribution is 2.39. The van der Waals surface area contributed by atoms with Crippen LogP contribution in [0, 0.1) is 0 Å². The van der Waals surface area contributed by atoms with Crippen LogP contribution in [-0.4, -0.2) is 48.6 Å². The molecular formula is C17H18F5N7. The van der Waals surface area contributed by atoms with Gasteiger partial charge >= 0.3 is 0 Å². The summed E-state index contributed by atoms with van der Waals surface area (Å²) in [6, 6.07) is -0.732. The van der Waals surface area contributed by atoms with Gasteiger partial charge in [-0.15, -0.1) is 0 Å². The third-order valence-electron chi connectivity index (χ3n) is 4.84. The van der Waals surface area contributed by atoms with Crippen molar-refractivity contribution < 1.29 is 22.0 Å². The van der Waals surface area contributed by atoms with Crippen LogP contribution in [0.1, 0.15) is 44.7 Å². The van der Waals surface area contributed by atoms with Crippen LogP contribution >= 0.6 is 0 Å². The molecule has 0 amide bonds. The first-order valence-corrected chi connectivity index (χ1v) is 9.05. The monoisotopic (exact) mass is 415 g/mol. The molecule has 7 nitrogen and oxygen atoms in total. The fraction of sp³-hybridized carbons (Fsp3) is 0.588. The van der Waals surface area contributed by atoms with E-state index in [1.807, 2.05) is 0 Å². The summed E-state index contributed by atoms with van der Waals surface area (Å²) < 4.78 is 65.8. The summed E-state index contributed by atoms with van der Waals surface area (Å²) in [6.45, 7) is 1.49. The number of hydrogen-bond acceptors (Lipinski definition) is 7. The lowest BCUT2D eigenvalue weighted by molar-refractivity contribution is -0.0794. The van der Waals surface area contributed by atoms with Crippen molar-refractivity contribution in [2.24, 2.45) is 0 Å². The molecule has 0 atom stereocenters. The minimum absolute atomic E-state index is 0.00424. The Morgan fingerprint density at radius 3 is 2.00 bits per heavy atom. The molecule has 0 bridgehead atoms. The Kier molecular flexibility index (Phi) is 4.74. The normalized spacial score (nSPS) is 26.0. The van der Waals surface area contributed by atoms with E-state index in [0.29, 0.717) is 0 Å². The van der Waals surface area contributed by atoms with Gasteiger partial charge in [0.25, 0.3) is 12.3 Å². The number of halogens is 5. The van der Waals surface area contributed by atoms with Crippen LogP contribution in [0.25, 0.3) is 11.5 Å². The van der Waals surface area contributed by atoms with Crippen molar-refractivity contribution >= 4 is 11.9 Å². The molecule has 2 aliphatic carbocycles. The molecule has 0 radical (unpaired) electrons. The van der Waals surface area contributed by atoms with Crippen molar-refractivity contribution in [2.45, 2.75) is 62.7 Å². The third kappa shape index (κ3) is 4.51. The predicted molar refractivity (Wildman–Crippen MR) is 93.6 cm³/mol. The van der Waals surface area contributed by atoms with Gasteiger partial charge in [-0.25, -0.2) is 26.9 Å². The Morgan fingerprint density at radius 1 is 0.897 bits per heavy atom. The van der Waals surface area contributed by atoms with Gasteiger partial charge in [0.1, 0.15) is 17.1 Å². The second-order valence-corrected chi connectivity index (χ2v) is 7.70. The molecule has 4 rings (SSSR count). The maximum Gasteiger partial charge on any atom is 0.281 e. The lowest BCUT2D eigenvalue weighted by atomic mass is 9.79. The summed E-state index contributed by atoms with van der Waals surface area (Å²) in [5.74, 6) is -2.70. The fourth-order valence-corrected chi connectivity index (χ4v) is 3.41. The average molecular weight is 415 g/mol. The zero-order valence-electron chi connectivity index (χ0n) is 15.3. The average Bonchev–Trinajstić information content (AvgIpc) is 2.58. The standard InChI is InChI=1S/C17H18F5N7/c1-16(20)2-8(3-16)24-14-27-13(11-7-23-6-10(26-11)12(18)19)28-15(29-14)25-9-4-17(21,22)5-9/h6-9,12H,2-5H2,1H3,(H2,24,25,27,28,29). The number of hydrogen-bond donors (Lipinski definition) is 2. The summed E-state index contributed by atoms with van der Waals surface area (Å²) in [4.78, 5) is 19.9. The van der Waals surface area contributed by atoms with Gasteiger partial charge in [-0.05, 0) is 6.92 Å². The van der Waals surface area contributed by atoms with E-state index < -0.39 is 29.8 Å². The maximum absolute atomic E-state index is 13.7. The van der Waals surface area contributed by atoms with Crippen LogP contribution in [0.15, 0.2) is 12.4 Å². The van der Waals surface area contributed by atoms with Gasteiger partial charge in [0.15, 0.2) is 5.82 Å². The van der Waals surface area contributed by atoms with Crippen molar-refractivity contribution in [2.75, 3.05) is 10.6 Å². The van der Waals surface area contributed by atoms with E-state index in [2.05, 4.69) is 35.6 Å². The van der Waals surface area contributed by atoms with Crippen molar-refractivity contribution in [1.82, 2.24) is 24.9 Å². The highest BCUT2D eigenvalue weighted by molar-refractivity contribution is 5.53. The zero-order valence-corrected chi connectivity index (χ0v) is 15.3. The second-order valence-electron chi connectivity index (χ2n) is 7.70. The number of anilines is 2. The van der Waals surface area contributed by atoms with Gasteiger partial charge < -0.3 is 10.6 Å². The SMILES string of the molecule is CC1(F)CC(Nc2nc(NC3CC(F)(F)C3)nc(-c3cncc(C(F)F)n3)n2)C1.